The normalized spacial score (nSPS) is 11.5. The van der Waals surface area contributed by atoms with Crippen LogP contribution in [0, 0.1) is 0 Å². The number of ether oxygens (including phenoxy) is 1. The number of hydrogen-bond donors (Lipinski definition) is 1. The molecule has 9 nitrogen and oxygen atoms in total. The predicted octanol–water partition coefficient (Wildman–Crippen LogP) is 1.22. The fourth-order valence-electron chi connectivity index (χ4n) is 2.49. The van der Waals surface area contributed by atoms with Gasteiger partial charge in [-0.2, -0.15) is 13.2 Å². The average molecular weight is 409 g/mol. The summed E-state index contributed by atoms with van der Waals surface area (Å²) in [6.07, 6.45) is -2.16. The molecule has 0 aliphatic heterocycles. The van der Waals surface area contributed by atoms with E-state index in [-0.39, 0.29) is 28.2 Å². The zero-order chi connectivity index (χ0) is 21.3. The number of aryl methyl sites for hydroxylation is 1. The van der Waals surface area contributed by atoms with E-state index < -0.39 is 29.9 Å². The van der Waals surface area contributed by atoms with Crippen molar-refractivity contribution in [3.05, 3.63) is 57.0 Å². The van der Waals surface area contributed by atoms with Crippen LogP contribution in [0.5, 0.6) is 5.88 Å². The van der Waals surface area contributed by atoms with Crippen LogP contribution in [-0.4, -0.2) is 37.8 Å². The molecule has 0 fully saturated rings. The number of carbonyl (C=O) groups excluding carboxylic acids is 1. The summed E-state index contributed by atoms with van der Waals surface area (Å²) in [7, 11) is 2.76. The number of nitrogens with one attached hydrogen (secondary N) is 1. The average Bonchev–Trinajstić information content (AvgIpc) is 2.69. The molecule has 1 N–H and O–H groups in total. The molecule has 0 aromatic carbocycles. The molecule has 0 radical (unpaired) electrons. The molecular weight excluding hydrogens is 395 g/mol. The van der Waals surface area contributed by atoms with Crippen LogP contribution in [0.25, 0.3) is 11.0 Å². The summed E-state index contributed by atoms with van der Waals surface area (Å²) < 4.78 is 43.0. The van der Waals surface area contributed by atoms with E-state index in [0.29, 0.717) is 0 Å². The lowest BCUT2D eigenvalue weighted by Crippen LogP contribution is -2.37. The number of anilines is 1. The summed E-state index contributed by atoms with van der Waals surface area (Å²) in [5.74, 6) is -0.877. The molecule has 0 unspecified atom stereocenters. The van der Waals surface area contributed by atoms with Gasteiger partial charge in [-0.1, -0.05) is 0 Å². The molecule has 0 atom stereocenters. The molecule has 0 spiro atoms. The number of fused-ring (bicyclic) bond motifs is 1. The molecule has 3 aromatic rings. The topological polar surface area (TPSA) is 108 Å². The third kappa shape index (κ3) is 4.25. The molecule has 0 aliphatic rings. The van der Waals surface area contributed by atoms with Crippen molar-refractivity contribution in [2.24, 2.45) is 14.1 Å². The Kier molecular flexibility index (Phi) is 5.10. The van der Waals surface area contributed by atoms with Crippen molar-refractivity contribution >= 4 is 22.6 Å². The minimum absolute atomic E-state index is 0.0469. The summed E-state index contributed by atoms with van der Waals surface area (Å²) in [4.78, 5) is 44.3. The second-order valence-electron chi connectivity index (χ2n) is 6.04. The van der Waals surface area contributed by atoms with Crippen molar-refractivity contribution in [2.75, 3.05) is 11.9 Å². The molecule has 152 valence electrons. The smallest absolute Gasteiger partial charge is 0.422 e. The predicted molar refractivity (Wildman–Crippen MR) is 96.0 cm³/mol. The highest BCUT2D eigenvalue weighted by molar-refractivity contribution is 6.05. The Morgan fingerprint density at radius 2 is 1.86 bits per heavy atom. The molecular formula is C17H14F3N5O4. The quantitative estimate of drug-likeness (QED) is 0.694. The van der Waals surface area contributed by atoms with E-state index in [0.717, 1.165) is 10.8 Å². The van der Waals surface area contributed by atoms with E-state index in [1.165, 1.54) is 43.1 Å². The van der Waals surface area contributed by atoms with Crippen LogP contribution in [0.15, 0.2) is 40.2 Å². The third-order valence-corrected chi connectivity index (χ3v) is 3.93. The molecule has 0 saturated heterocycles. The van der Waals surface area contributed by atoms with Crippen LogP contribution < -0.4 is 21.3 Å². The van der Waals surface area contributed by atoms with E-state index in [9.17, 15) is 27.6 Å². The monoisotopic (exact) mass is 409 g/mol. The maximum absolute atomic E-state index is 12.4. The number of rotatable bonds is 4. The van der Waals surface area contributed by atoms with E-state index >= 15 is 0 Å². The lowest BCUT2D eigenvalue weighted by atomic mass is 10.2. The van der Waals surface area contributed by atoms with Gasteiger partial charge in [-0.3, -0.25) is 18.7 Å². The van der Waals surface area contributed by atoms with E-state index in [4.69, 9.17) is 0 Å². The summed E-state index contributed by atoms with van der Waals surface area (Å²) in [5, 5.41) is 2.57. The lowest BCUT2D eigenvalue weighted by molar-refractivity contribution is -0.154. The SMILES string of the molecule is Cn1c(=O)c2cc(C(=O)Nc3ccc(OCC(F)(F)F)nc3)cnc2n(C)c1=O. The van der Waals surface area contributed by atoms with Crippen molar-refractivity contribution in [3.8, 4) is 5.88 Å². The number of hydrogen-bond acceptors (Lipinski definition) is 6. The van der Waals surface area contributed by atoms with Crippen molar-refractivity contribution in [1.82, 2.24) is 19.1 Å². The number of amides is 1. The first-order chi connectivity index (χ1) is 13.6. The molecule has 1 amide bonds. The van der Waals surface area contributed by atoms with Gasteiger partial charge in [0.1, 0.15) is 5.65 Å². The highest BCUT2D eigenvalue weighted by Gasteiger charge is 2.28. The number of alkyl halides is 3. The van der Waals surface area contributed by atoms with Gasteiger partial charge < -0.3 is 10.1 Å². The Bertz CT molecular complexity index is 1200. The largest absolute Gasteiger partial charge is 0.468 e. The van der Waals surface area contributed by atoms with Crippen molar-refractivity contribution < 1.29 is 22.7 Å². The first kappa shape index (κ1) is 20.0. The minimum atomic E-state index is -4.49. The molecule has 12 heteroatoms. The Hall–Kier alpha value is -3.70. The lowest BCUT2D eigenvalue weighted by Gasteiger charge is -2.10. The van der Waals surface area contributed by atoms with E-state index in [2.05, 4.69) is 20.0 Å². The van der Waals surface area contributed by atoms with Crippen LogP contribution in [-0.2, 0) is 14.1 Å². The standard InChI is InChI=1S/C17H14F3N5O4/c1-24-13-11(15(27)25(2)16(24)28)5-9(6-22-13)14(26)23-10-3-4-12(21-7-10)29-8-17(18,19)20/h3-7H,8H2,1-2H3,(H,23,26). The highest BCUT2D eigenvalue weighted by atomic mass is 19.4. The maximum atomic E-state index is 12.4. The summed E-state index contributed by atoms with van der Waals surface area (Å²) in [6, 6.07) is 3.78. The minimum Gasteiger partial charge on any atom is -0.468 e. The Labute approximate surface area is 160 Å². The highest BCUT2D eigenvalue weighted by Crippen LogP contribution is 2.18. The number of halogens is 3. The molecule has 3 aromatic heterocycles. The van der Waals surface area contributed by atoms with E-state index in [1.54, 1.807) is 0 Å². The van der Waals surface area contributed by atoms with Crippen molar-refractivity contribution in [2.45, 2.75) is 6.18 Å². The van der Waals surface area contributed by atoms with Gasteiger partial charge in [0.25, 0.3) is 11.5 Å². The van der Waals surface area contributed by atoms with Crippen LogP contribution in [0.3, 0.4) is 0 Å². The van der Waals surface area contributed by atoms with Crippen LogP contribution in [0.4, 0.5) is 18.9 Å². The van der Waals surface area contributed by atoms with Crippen LogP contribution in [0.1, 0.15) is 10.4 Å². The van der Waals surface area contributed by atoms with Gasteiger partial charge in [-0.25, -0.2) is 14.8 Å². The fraction of sp³-hybridized carbons (Fsp3) is 0.235. The molecule has 0 bridgehead atoms. The summed E-state index contributed by atoms with van der Waals surface area (Å²) in [6.45, 7) is -1.48. The van der Waals surface area contributed by atoms with Crippen LogP contribution >= 0.6 is 0 Å². The van der Waals surface area contributed by atoms with Gasteiger partial charge in [-0.15, -0.1) is 0 Å². The van der Waals surface area contributed by atoms with Gasteiger partial charge in [-0.05, 0) is 12.1 Å². The number of carbonyl (C=O) groups is 1. The fourth-order valence-corrected chi connectivity index (χ4v) is 2.49. The van der Waals surface area contributed by atoms with Gasteiger partial charge in [0.15, 0.2) is 6.61 Å². The van der Waals surface area contributed by atoms with Gasteiger partial charge >= 0.3 is 11.9 Å². The first-order valence-electron chi connectivity index (χ1n) is 8.09. The molecule has 29 heavy (non-hydrogen) atoms. The zero-order valence-corrected chi connectivity index (χ0v) is 15.1. The van der Waals surface area contributed by atoms with Gasteiger partial charge in [0.05, 0.1) is 22.8 Å². The number of pyridine rings is 2. The third-order valence-electron chi connectivity index (χ3n) is 3.93. The van der Waals surface area contributed by atoms with Gasteiger partial charge in [0.2, 0.25) is 5.88 Å². The van der Waals surface area contributed by atoms with Crippen molar-refractivity contribution in [3.63, 3.8) is 0 Å². The second kappa shape index (κ2) is 7.37. The molecule has 0 saturated carbocycles. The van der Waals surface area contributed by atoms with Crippen molar-refractivity contribution in [1.29, 1.82) is 0 Å². The number of nitrogens with zero attached hydrogens (tertiary/aromatic N) is 4. The zero-order valence-electron chi connectivity index (χ0n) is 15.1. The Morgan fingerprint density at radius 3 is 2.48 bits per heavy atom. The molecule has 3 rings (SSSR count). The first-order valence-corrected chi connectivity index (χ1v) is 8.09. The second-order valence-corrected chi connectivity index (χ2v) is 6.04. The summed E-state index contributed by atoms with van der Waals surface area (Å²) in [5.41, 5.74) is -0.778. The van der Waals surface area contributed by atoms with Crippen LogP contribution in [0.2, 0.25) is 0 Å². The summed E-state index contributed by atoms with van der Waals surface area (Å²) >= 11 is 0. The van der Waals surface area contributed by atoms with E-state index in [1.807, 2.05) is 0 Å². The maximum Gasteiger partial charge on any atom is 0.422 e. The Balaban J connectivity index is 1.81. The molecule has 3 heterocycles. The number of aromatic nitrogens is 4. The Morgan fingerprint density at radius 1 is 1.14 bits per heavy atom. The van der Waals surface area contributed by atoms with Gasteiger partial charge in [0, 0.05) is 26.4 Å². The molecule has 0 aliphatic carbocycles.